The molecule has 2 atom stereocenters. The minimum atomic E-state index is -0.426. The maximum Gasteiger partial charge on any atom is 0.0964 e. The van der Waals surface area contributed by atoms with Gasteiger partial charge in [0.25, 0.3) is 0 Å². The van der Waals surface area contributed by atoms with Crippen LogP contribution in [0.15, 0.2) is 23.4 Å². The summed E-state index contributed by atoms with van der Waals surface area (Å²) in [5.41, 5.74) is 0.921. The number of hydrogen-bond acceptors (Lipinski definition) is 4. The zero-order valence-electron chi connectivity index (χ0n) is 9.43. The maximum absolute atomic E-state index is 9.47. The number of thioether (sulfide) groups is 1. The van der Waals surface area contributed by atoms with Gasteiger partial charge < -0.3 is 9.84 Å². The van der Waals surface area contributed by atoms with E-state index in [0.29, 0.717) is 6.10 Å². The van der Waals surface area contributed by atoms with Crippen molar-refractivity contribution in [3.8, 4) is 0 Å². The van der Waals surface area contributed by atoms with Crippen molar-refractivity contribution in [2.24, 2.45) is 0 Å². The van der Waals surface area contributed by atoms with Crippen molar-refractivity contribution in [3.63, 3.8) is 0 Å². The van der Waals surface area contributed by atoms with Gasteiger partial charge in [-0.2, -0.15) is 0 Å². The fraction of sp³-hybridized carbons (Fsp3) is 0.583. The maximum atomic E-state index is 9.47. The van der Waals surface area contributed by atoms with Crippen molar-refractivity contribution in [2.45, 2.75) is 37.0 Å². The number of aliphatic hydroxyl groups is 1. The van der Waals surface area contributed by atoms with Crippen LogP contribution in [0.1, 0.15) is 31.4 Å². The molecule has 0 spiro atoms. The zero-order chi connectivity index (χ0) is 11.4. The van der Waals surface area contributed by atoms with Gasteiger partial charge in [-0.25, -0.2) is 4.98 Å². The highest BCUT2D eigenvalue weighted by atomic mass is 32.2. The fourth-order valence-electron chi connectivity index (χ4n) is 1.72. The fourth-order valence-corrected chi connectivity index (χ4v) is 2.69. The van der Waals surface area contributed by atoms with Gasteiger partial charge in [-0.1, -0.05) is 0 Å². The average Bonchev–Trinajstić information content (AvgIpc) is 2.79. The first-order chi connectivity index (χ1) is 7.75. The molecule has 2 rings (SSSR count). The first kappa shape index (κ1) is 11.9. The minimum Gasteiger partial charge on any atom is -0.389 e. The van der Waals surface area contributed by atoms with Crippen molar-refractivity contribution >= 4 is 11.8 Å². The molecule has 1 saturated heterocycles. The van der Waals surface area contributed by atoms with Crippen LogP contribution in [-0.4, -0.2) is 28.6 Å². The van der Waals surface area contributed by atoms with Gasteiger partial charge in [0.1, 0.15) is 0 Å². The molecule has 16 heavy (non-hydrogen) atoms. The van der Waals surface area contributed by atoms with Crippen LogP contribution in [0.2, 0.25) is 0 Å². The summed E-state index contributed by atoms with van der Waals surface area (Å²) in [6.07, 6.45) is 4.03. The van der Waals surface area contributed by atoms with Gasteiger partial charge >= 0.3 is 0 Å². The van der Waals surface area contributed by atoms with Crippen molar-refractivity contribution in [3.05, 3.63) is 23.9 Å². The second kappa shape index (κ2) is 5.66. The van der Waals surface area contributed by atoms with Crippen LogP contribution in [0, 0.1) is 0 Å². The Bertz CT molecular complexity index is 338. The molecule has 1 fully saturated rings. The normalized spacial score (nSPS) is 22.2. The third-order valence-corrected chi connectivity index (χ3v) is 3.74. The highest BCUT2D eigenvalue weighted by molar-refractivity contribution is 7.99. The molecular formula is C12H17NO2S. The van der Waals surface area contributed by atoms with E-state index in [1.807, 2.05) is 12.1 Å². The number of pyridine rings is 1. The third kappa shape index (κ3) is 3.20. The van der Waals surface area contributed by atoms with Gasteiger partial charge in [-0.3, -0.25) is 0 Å². The molecule has 3 nitrogen and oxygen atoms in total. The Morgan fingerprint density at radius 1 is 1.69 bits per heavy atom. The molecule has 4 heteroatoms. The molecule has 0 saturated carbocycles. The molecular weight excluding hydrogens is 222 g/mol. The quantitative estimate of drug-likeness (QED) is 0.819. The van der Waals surface area contributed by atoms with E-state index in [1.54, 1.807) is 24.9 Å². The third-order valence-electron chi connectivity index (χ3n) is 2.68. The van der Waals surface area contributed by atoms with E-state index in [2.05, 4.69) is 4.98 Å². The molecule has 88 valence electrons. The molecule has 0 radical (unpaired) electrons. The Balaban J connectivity index is 1.90. The number of aliphatic hydroxyl groups excluding tert-OH is 1. The molecule has 0 bridgehead atoms. The Hall–Kier alpha value is -0.580. The summed E-state index contributed by atoms with van der Waals surface area (Å²) in [6, 6.07) is 3.80. The van der Waals surface area contributed by atoms with Crippen molar-refractivity contribution < 1.29 is 9.84 Å². The Morgan fingerprint density at radius 3 is 3.25 bits per heavy atom. The van der Waals surface area contributed by atoms with Crippen LogP contribution in [0.25, 0.3) is 0 Å². The van der Waals surface area contributed by atoms with Crippen molar-refractivity contribution in [1.29, 1.82) is 0 Å². The van der Waals surface area contributed by atoms with E-state index in [-0.39, 0.29) is 0 Å². The smallest absolute Gasteiger partial charge is 0.0964 e. The van der Waals surface area contributed by atoms with Gasteiger partial charge in [0.05, 0.1) is 17.2 Å². The number of hydrogen-bond donors (Lipinski definition) is 1. The Kier molecular flexibility index (Phi) is 4.21. The molecule has 1 N–H and O–H groups in total. The van der Waals surface area contributed by atoms with Crippen LogP contribution >= 0.6 is 11.8 Å². The molecule has 1 unspecified atom stereocenters. The molecule has 1 aliphatic heterocycles. The van der Waals surface area contributed by atoms with Crippen LogP contribution in [0.3, 0.4) is 0 Å². The second-order valence-electron chi connectivity index (χ2n) is 4.05. The number of rotatable bonds is 4. The van der Waals surface area contributed by atoms with Crippen molar-refractivity contribution in [2.75, 3.05) is 12.4 Å². The van der Waals surface area contributed by atoms with E-state index in [0.717, 1.165) is 29.4 Å². The number of nitrogens with zero attached hydrogens (tertiary/aromatic N) is 1. The molecule has 0 amide bonds. The Morgan fingerprint density at radius 2 is 2.56 bits per heavy atom. The van der Waals surface area contributed by atoms with E-state index >= 15 is 0 Å². The monoisotopic (exact) mass is 239 g/mol. The highest BCUT2D eigenvalue weighted by Crippen LogP contribution is 2.24. The molecule has 1 aliphatic rings. The van der Waals surface area contributed by atoms with Crippen LogP contribution in [-0.2, 0) is 4.74 Å². The van der Waals surface area contributed by atoms with Crippen LogP contribution in [0.5, 0.6) is 0 Å². The summed E-state index contributed by atoms with van der Waals surface area (Å²) >= 11 is 1.70. The predicted molar refractivity (Wildman–Crippen MR) is 64.6 cm³/mol. The van der Waals surface area contributed by atoms with E-state index in [1.165, 1.54) is 6.42 Å². The zero-order valence-corrected chi connectivity index (χ0v) is 10.2. The molecule has 0 aromatic carbocycles. The summed E-state index contributed by atoms with van der Waals surface area (Å²) < 4.78 is 5.55. The first-order valence-corrected chi connectivity index (χ1v) is 6.62. The van der Waals surface area contributed by atoms with Crippen molar-refractivity contribution in [1.82, 2.24) is 4.98 Å². The lowest BCUT2D eigenvalue weighted by Gasteiger charge is -2.09. The van der Waals surface area contributed by atoms with Gasteiger partial charge in [0.15, 0.2) is 0 Å². The number of ether oxygens (including phenoxy) is 1. The standard InChI is InChI=1S/C12H17NO2S/c1-9(14)10-4-5-13-12(7-10)16-8-11-3-2-6-15-11/h4-5,7,9,11,14H,2-3,6,8H2,1H3/t9-,11?/m0/s1. The summed E-state index contributed by atoms with van der Waals surface area (Å²) in [5.74, 6) is 0.955. The van der Waals surface area contributed by atoms with Gasteiger partial charge in [-0.05, 0) is 37.5 Å². The summed E-state index contributed by atoms with van der Waals surface area (Å²) in [6.45, 7) is 2.66. The predicted octanol–water partition coefficient (Wildman–Crippen LogP) is 2.41. The van der Waals surface area contributed by atoms with Gasteiger partial charge in [0.2, 0.25) is 0 Å². The van der Waals surface area contributed by atoms with Crippen LogP contribution < -0.4 is 0 Å². The average molecular weight is 239 g/mol. The summed E-state index contributed by atoms with van der Waals surface area (Å²) in [7, 11) is 0. The lowest BCUT2D eigenvalue weighted by atomic mass is 10.2. The lowest BCUT2D eigenvalue weighted by molar-refractivity contribution is 0.129. The molecule has 0 aliphatic carbocycles. The lowest BCUT2D eigenvalue weighted by Crippen LogP contribution is -2.08. The molecule has 2 heterocycles. The summed E-state index contributed by atoms with van der Waals surface area (Å²) in [4.78, 5) is 4.28. The van der Waals surface area contributed by atoms with E-state index < -0.39 is 6.10 Å². The second-order valence-corrected chi connectivity index (χ2v) is 5.09. The van der Waals surface area contributed by atoms with Crippen LogP contribution in [0.4, 0.5) is 0 Å². The summed E-state index contributed by atoms with van der Waals surface area (Å²) in [5, 5.41) is 10.4. The van der Waals surface area contributed by atoms with Gasteiger partial charge in [0, 0.05) is 18.6 Å². The topological polar surface area (TPSA) is 42.4 Å². The SMILES string of the molecule is C[C@H](O)c1ccnc(SCC2CCCO2)c1. The highest BCUT2D eigenvalue weighted by Gasteiger charge is 2.15. The van der Waals surface area contributed by atoms with Gasteiger partial charge in [-0.15, -0.1) is 11.8 Å². The van der Waals surface area contributed by atoms with E-state index in [4.69, 9.17) is 4.74 Å². The first-order valence-electron chi connectivity index (χ1n) is 5.64. The Labute approximate surface area is 100 Å². The molecule has 1 aromatic heterocycles. The largest absolute Gasteiger partial charge is 0.389 e. The molecule has 1 aromatic rings. The number of aromatic nitrogens is 1. The van der Waals surface area contributed by atoms with E-state index in [9.17, 15) is 5.11 Å². The minimum absolute atomic E-state index is 0.377.